The SMILES string of the molecule is Clc1ccc2c(c1)C1(c3ccccc3-c3ccccc31)c1cc3c4cccc5c6c(cc(c7cccc(c1-2)c73)c54)C1(c2ccccc2-c2ccccc21)c1cc(Cl)ccc1-6. The van der Waals surface area contributed by atoms with Crippen LogP contribution in [0.5, 0.6) is 0 Å². The molecule has 2 heteroatoms. The van der Waals surface area contributed by atoms with Crippen molar-refractivity contribution >= 4 is 66.3 Å². The summed E-state index contributed by atoms with van der Waals surface area (Å²) in [5.74, 6) is 0. The zero-order valence-corrected chi connectivity index (χ0v) is 33.6. The number of benzene rings is 11. The van der Waals surface area contributed by atoms with Gasteiger partial charge in [-0.15, -0.1) is 0 Å². The van der Waals surface area contributed by atoms with E-state index in [0.717, 1.165) is 10.0 Å². The molecule has 0 saturated heterocycles. The van der Waals surface area contributed by atoms with E-state index < -0.39 is 10.8 Å². The Morgan fingerprint density at radius 3 is 0.983 bits per heavy atom. The molecular weight excluding hydrogens is 768 g/mol. The smallest absolute Gasteiger partial charge is 0.0726 e. The van der Waals surface area contributed by atoms with Gasteiger partial charge in [-0.2, -0.15) is 0 Å². The van der Waals surface area contributed by atoms with Crippen LogP contribution in [0, 0.1) is 0 Å². The lowest BCUT2D eigenvalue weighted by atomic mass is 9.69. The van der Waals surface area contributed by atoms with Crippen molar-refractivity contribution in [1.29, 1.82) is 0 Å². The highest BCUT2D eigenvalue weighted by atomic mass is 35.5. The second-order valence-electron chi connectivity index (χ2n) is 17.2. The van der Waals surface area contributed by atoms with E-state index in [1.807, 2.05) is 0 Å². The Morgan fingerprint density at radius 1 is 0.250 bits per heavy atom. The summed E-state index contributed by atoms with van der Waals surface area (Å²) in [6.45, 7) is 0. The summed E-state index contributed by atoms with van der Waals surface area (Å²) in [5, 5.41) is 11.9. The van der Waals surface area contributed by atoms with Crippen molar-refractivity contribution in [3.05, 3.63) is 237 Å². The van der Waals surface area contributed by atoms with Crippen LogP contribution in [0.2, 0.25) is 10.0 Å². The van der Waals surface area contributed by atoms with E-state index in [1.165, 1.54) is 132 Å². The zero-order chi connectivity index (χ0) is 39.2. The maximum absolute atomic E-state index is 7.01. The first-order valence-electron chi connectivity index (χ1n) is 20.8. The molecule has 0 aliphatic heterocycles. The summed E-state index contributed by atoms with van der Waals surface area (Å²) in [5.41, 5.74) is 19.7. The lowest BCUT2D eigenvalue weighted by Gasteiger charge is -2.31. The average molecular weight is 798 g/mol. The molecule has 0 saturated carbocycles. The number of hydrogen-bond acceptors (Lipinski definition) is 0. The van der Waals surface area contributed by atoms with E-state index >= 15 is 0 Å². The molecule has 0 bridgehead atoms. The molecule has 2 spiro atoms. The molecule has 0 nitrogen and oxygen atoms in total. The monoisotopic (exact) mass is 796 g/mol. The molecule has 0 heterocycles. The highest BCUT2D eigenvalue weighted by Crippen LogP contribution is 2.67. The quantitative estimate of drug-likeness (QED) is 0.106. The van der Waals surface area contributed by atoms with Gasteiger partial charge in [-0.1, -0.05) is 169 Å². The van der Waals surface area contributed by atoms with Crippen molar-refractivity contribution in [2.24, 2.45) is 0 Å². The first-order chi connectivity index (χ1) is 29.6. The summed E-state index contributed by atoms with van der Waals surface area (Å²) in [4.78, 5) is 0. The van der Waals surface area contributed by atoms with Crippen LogP contribution >= 0.6 is 23.2 Å². The van der Waals surface area contributed by atoms with Crippen LogP contribution in [0.15, 0.2) is 182 Å². The zero-order valence-electron chi connectivity index (χ0n) is 32.1. The van der Waals surface area contributed by atoms with E-state index in [0.29, 0.717) is 0 Å². The van der Waals surface area contributed by atoms with Gasteiger partial charge in [0, 0.05) is 10.0 Å². The molecule has 15 rings (SSSR count). The van der Waals surface area contributed by atoms with Crippen molar-refractivity contribution in [3.63, 3.8) is 0 Å². The van der Waals surface area contributed by atoms with Crippen molar-refractivity contribution < 1.29 is 0 Å². The molecule has 11 aromatic carbocycles. The molecule has 0 N–H and O–H groups in total. The maximum atomic E-state index is 7.01. The van der Waals surface area contributed by atoms with Crippen molar-refractivity contribution in [2.75, 3.05) is 0 Å². The molecule has 0 fully saturated rings. The van der Waals surface area contributed by atoms with Gasteiger partial charge in [0.05, 0.1) is 10.8 Å². The fraction of sp³-hybridized carbons (Fsp3) is 0.0345. The van der Waals surface area contributed by atoms with E-state index in [9.17, 15) is 0 Å². The van der Waals surface area contributed by atoms with Crippen LogP contribution in [0.4, 0.5) is 0 Å². The summed E-state index contributed by atoms with van der Waals surface area (Å²) < 4.78 is 0. The Morgan fingerprint density at radius 2 is 0.600 bits per heavy atom. The van der Waals surface area contributed by atoms with E-state index in [1.54, 1.807) is 0 Å². The highest BCUT2D eigenvalue weighted by molar-refractivity contribution is 6.37. The first-order valence-corrected chi connectivity index (χ1v) is 21.6. The molecule has 11 aromatic rings. The minimum atomic E-state index is -0.511. The van der Waals surface area contributed by atoms with Gasteiger partial charge in [0.2, 0.25) is 0 Å². The molecule has 0 unspecified atom stereocenters. The third kappa shape index (κ3) is 3.40. The highest BCUT2D eigenvalue weighted by Gasteiger charge is 2.54. The van der Waals surface area contributed by atoms with Crippen molar-refractivity contribution in [2.45, 2.75) is 10.8 Å². The summed E-state index contributed by atoms with van der Waals surface area (Å²) in [6.07, 6.45) is 0. The van der Waals surface area contributed by atoms with Crippen LogP contribution in [0.3, 0.4) is 0 Å². The van der Waals surface area contributed by atoms with E-state index in [4.69, 9.17) is 23.2 Å². The van der Waals surface area contributed by atoms with Gasteiger partial charge >= 0.3 is 0 Å². The lowest BCUT2D eigenvalue weighted by Crippen LogP contribution is -2.26. The topological polar surface area (TPSA) is 0 Å². The predicted molar refractivity (Wildman–Crippen MR) is 250 cm³/mol. The number of fused-ring (bicyclic) bond motifs is 24. The molecule has 4 aliphatic rings. The summed E-state index contributed by atoms with van der Waals surface area (Å²) in [6, 6.07) is 68.4. The third-order valence-electron chi connectivity index (χ3n) is 14.9. The van der Waals surface area contributed by atoms with Crippen molar-refractivity contribution in [1.82, 2.24) is 0 Å². The molecule has 0 aromatic heterocycles. The Hall–Kier alpha value is -6.70. The number of halogens is 2. The van der Waals surface area contributed by atoms with Crippen LogP contribution in [-0.2, 0) is 10.8 Å². The summed E-state index contributed by atoms with van der Waals surface area (Å²) in [7, 11) is 0. The lowest BCUT2D eigenvalue weighted by molar-refractivity contribution is 0.795. The molecule has 0 amide bonds. The van der Waals surface area contributed by atoms with Gasteiger partial charge in [-0.25, -0.2) is 0 Å². The maximum Gasteiger partial charge on any atom is 0.0726 e. The van der Waals surface area contributed by atoms with E-state index in [2.05, 4.69) is 182 Å². The van der Waals surface area contributed by atoms with Gasteiger partial charge in [0.1, 0.15) is 0 Å². The molecule has 4 aliphatic carbocycles. The molecular formula is C58H30Cl2. The number of hydrogen-bond donors (Lipinski definition) is 0. The largest absolute Gasteiger partial charge is 0.0843 e. The molecule has 0 atom stereocenters. The number of rotatable bonds is 0. The van der Waals surface area contributed by atoms with Gasteiger partial charge in [0.25, 0.3) is 0 Å². The van der Waals surface area contributed by atoms with Crippen LogP contribution < -0.4 is 0 Å². The molecule has 60 heavy (non-hydrogen) atoms. The first kappa shape index (κ1) is 32.2. The standard InChI is InChI=1S/C58H30Cl2/c59-31-23-25-39-49(27-31)57(45-19-5-1-11-33(45)34-12-2-6-20-46(34)57)51-29-43-37-15-10-18-42-54(37)44(38-16-9-17-41(53(38)43)55(39)51)30-52-56(42)40-26-24-32(60)28-50(40)58(52)47-21-7-3-13-35(47)36-14-4-8-22-48(36)58/h1-30H. The van der Waals surface area contributed by atoms with Gasteiger partial charge < -0.3 is 0 Å². The minimum Gasteiger partial charge on any atom is -0.0843 e. The molecule has 0 radical (unpaired) electrons. The fourth-order valence-electron chi connectivity index (χ4n) is 13.0. The van der Waals surface area contributed by atoms with Gasteiger partial charge in [-0.05, 0) is 169 Å². The Balaban J connectivity index is 1.15. The minimum absolute atomic E-state index is 0.511. The van der Waals surface area contributed by atoms with E-state index in [-0.39, 0.29) is 0 Å². The fourth-order valence-corrected chi connectivity index (χ4v) is 13.4. The van der Waals surface area contributed by atoms with Gasteiger partial charge in [-0.3, -0.25) is 0 Å². The Bertz CT molecular complexity index is 3470. The molecule has 276 valence electrons. The van der Waals surface area contributed by atoms with Gasteiger partial charge in [0.15, 0.2) is 0 Å². The Kier molecular flexibility index (Phi) is 5.75. The third-order valence-corrected chi connectivity index (χ3v) is 15.4. The van der Waals surface area contributed by atoms with Crippen LogP contribution in [0.1, 0.15) is 44.5 Å². The van der Waals surface area contributed by atoms with Crippen molar-refractivity contribution in [3.8, 4) is 44.5 Å². The second kappa shape index (κ2) is 10.7. The van der Waals surface area contributed by atoms with Crippen LogP contribution in [-0.4, -0.2) is 0 Å². The predicted octanol–water partition coefficient (Wildman–Crippen LogP) is 15.7. The second-order valence-corrected chi connectivity index (χ2v) is 18.1. The Labute approximate surface area is 356 Å². The average Bonchev–Trinajstić information content (AvgIpc) is 3.96. The summed E-state index contributed by atoms with van der Waals surface area (Å²) >= 11 is 14.0. The van der Waals surface area contributed by atoms with Crippen LogP contribution in [0.25, 0.3) is 87.6 Å². The normalized spacial score (nSPS) is 15.1.